The van der Waals surface area contributed by atoms with E-state index in [2.05, 4.69) is 15.3 Å². The Morgan fingerprint density at radius 3 is 2.62 bits per heavy atom. The fourth-order valence-electron chi connectivity index (χ4n) is 2.38. The molecule has 2 fully saturated rings. The van der Waals surface area contributed by atoms with Gasteiger partial charge >= 0.3 is 6.18 Å². The molecule has 1 amide bonds. The first kappa shape index (κ1) is 14.1. The molecule has 0 radical (unpaired) electrons. The van der Waals surface area contributed by atoms with Gasteiger partial charge in [-0.3, -0.25) is 4.79 Å². The smallest absolute Gasteiger partial charge is 0.350 e. The molecule has 2 heterocycles. The first-order chi connectivity index (χ1) is 9.93. The largest absolute Gasteiger partial charge is 0.433 e. The Kier molecular flexibility index (Phi) is 3.46. The average Bonchev–Trinajstić information content (AvgIpc) is 2.30. The second kappa shape index (κ2) is 5.16. The van der Waals surface area contributed by atoms with Crippen molar-refractivity contribution in [1.82, 2.24) is 15.3 Å². The van der Waals surface area contributed by atoms with Crippen LogP contribution in [0.15, 0.2) is 12.3 Å². The lowest BCUT2D eigenvalue weighted by atomic mass is 9.84. The molecule has 0 spiro atoms. The lowest BCUT2D eigenvalue weighted by molar-refractivity contribution is -0.141. The fraction of sp³-hybridized carbons (Fsp3) is 0.615. The highest BCUT2D eigenvalue weighted by molar-refractivity contribution is 5.80. The van der Waals surface area contributed by atoms with Crippen LogP contribution in [-0.4, -0.2) is 35.0 Å². The molecule has 1 aliphatic carbocycles. The summed E-state index contributed by atoms with van der Waals surface area (Å²) in [6, 6.07) is 0.815. The van der Waals surface area contributed by atoms with Crippen LogP contribution >= 0.6 is 0 Å². The molecule has 0 unspecified atom stereocenters. The number of nitrogens with zero attached hydrogens (tertiary/aromatic N) is 3. The number of halogens is 3. The third-order valence-corrected chi connectivity index (χ3v) is 3.92. The summed E-state index contributed by atoms with van der Waals surface area (Å²) in [6.07, 6.45) is -0.420. The maximum atomic E-state index is 12.6. The third-order valence-electron chi connectivity index (χ3n) is 3.92. The monoisotopic (exact) mass is 300 g/mol. The molecule has 1 aromatic rings. The predicted molar refractivity (Wildman–Crippen MR) is 68.5 cm³/mol. The van der Waals surface area contributed by atoms with Crippen molar-refractivity contribution in [1.29, 1.82) is 0 Å². The molecular formula is C13H15F3N4O. The van der Waals surface area contributed by atoms with Gasteiger partial charge < -0.3 is 10.2 Å². The quantitative estimate of drug-likeness (QED) is 0.921. The minimum absolute atomic E-state index is 0.0313. The lowest BCUT2D eigenvalue weighted by Crippen LogP contribution is -2.61. The highest BCUT2D eigenvalue weighted by atomic mass is 19.4. The van der Waals surface area contributed by atoms with Gasteiger partial charge in [-0.2, -0.15) is 13.2 Å². The number of carbonyl (C=O) groups is 1. The summed E-state index contributed by atoms with van der Waals surface area (Å²) >= 11 is 0. The molecule has 1 saturated carbocycles. The molecule has 0 aromatic carbocycles. The van der Waals surface area contributed by atoms with Gasteiger partial charge in [0.05, 0.1) is 6.04 Å². The topological polar surface area (TPSA) is 58.1 Å². The van der Waals surface area contributed by atoms with Gasteiger partial charge in [0.2, 0.25) is 11.9 Å². The van der Waals surface area contributed by atoms with Gasteiger partial charge in [-0.15, -0.1) is 0 Å². The molecule has 1 N–H and O–H groups in total. The summed E-state index contributed by atoms with van der Waals surface area (Å²) in [5.74, 6) is 0.221. The van der Waals surface area contributed by atoms with Crippen LogP contribution in [0.3, 0.4) is 0 Å². The summed E-state index contributed by atoms with van der Waals surface area (Å²) in [5.41, 5.74) is -0.950. The van der Waals surface area contributed by atoms with Crippen molar-refractivity contribution in [3.05, 3.63) is 18.0 Å². The van der Waals surface area contributed by atoms with E-state index in [4.69, 9.17) is 0 Å². The first-order valence-electron chi connectivity index (χ1n) is 6.89. The lowest BCUT2D eigenvalue weighted by Gasteiger charge is -2.40. The highest BCUT2D eigenvalue weighted by Crippen LogP contribution is 2.29. The number of amides is 1. The zero-order valence-corrected chi connectivity index (χ0v) is 11.2. The molecule has 0 bridgehead atoms. The van der Waals surface area contributed by atoms with Crippen molar-refractivity contribution in [3.63, 3.8) is 0 Å². The summed E-state index contributed by atoms with van der Waals surface area (Å²) in [4.78, 5) is 20.7. The van der Waals surface area contributed by atoms with Gasteiger partial charge in [0.1, 0.15) is 5.69 Å². The molecule has 1 saturated heterocycles. The Balaban J connectivity index is 1.55. The van der Waals surface area contributed by atoms with Crippen molar-refractivity contribution in [3.8, 4) is 0 Å². The predicted octanol–water partition coefficient (Wildman–Crippen LogP) is 1.60. The number of hydrogen-bond donors (Lipinski definition) is 1. The Hall–Kier alpha value is -1.86. The van der Waals surface area contributed by atoms with Gasteiger partial charge in [-0.25, -0.2) is 9.97 Å². The van der Waals surface area contributed by atoms with Crippen LogP contribution in [0.5, 0.6) is 0 Å². The maximum absolute atomic E-state index is 12.6. The van der Waals surface area contributed by atoms with Crippen molar-refractivity contribution < 1.29 is 18.0 Å². The van der Waals surface area contributed by atoms with Gasteiger partial charge in [0.15, 0.2) is 0 Å². The van der Waals surface area contributed by atoms with E-state index >= 15 is 0 Å². The minimum atomic E-state index is -4.47. The second-order valence-corrected chi connectivity index (χ2v) is 5.48. The molecule has 0 atom stereocenters. The molecule has 1 aliphatic heterocycles. The van der Waals surface area contributed by atoms with E-state index in [1.807, 2.05) is 0 Å². The van der Waals surface area contributed by atoms with Crippen LogP contribution in [0.1, 0.15) is 25.0 Å². The molecule has 21 heavy (non-hydrogen) atoms. The number of alkyl halides is 3. The Morgan fingerprint density at radius 2 is 2.05 bits per heavy atom. The summed E-state index contributed by atoms with van der Waals surface area (Å²) in [6.45, 7) is 0.888. The number of anilines is 1. The molecule has 8 heteroatoms. The Morgan fingerprint density at radius 1 is 1.33 bits per heavy atom. The van der Waals surface area contributed by atoms with Crippen molar-refractivity contribution in [2.24, 2.45) is 5.92 Å². The van der Waals surface area contributed by atoms with Crippen LogP contribution in [0.25, 0.3) is 0 Å². The highest BCUT2D eigenvalue weighted by Gasteiger charge is 2.36. The van der Waals surface area contributed by atoms with E-state index in [-0.39, 0.29) is 23.8 Å². The van der Waals surface area contributed by atoms with Gasteiger partial charge in [0.25, 0.3) is 0 Å². The van der Waals surface area contributed by atoms with E-state index in [0.29, 0.717) is 13.1 Å². The van der Waals surface area contributed by atoms with Crippen LogP contribution in [0.4, 0.5) is 19.1 Å². The minimum Gasteiger partial charge on any atom is -0.350 e. The van der Waals surface area contributed by atoms with Crippen LogP contribution < -0.4 is 10.2 Å². The van der Waals surface area contributed by atoms with E-state index < -0.39 is 11.9 Å². The first-order valence-corrected chi connectivity index (χ1v) is 6.89. The Labute approximate surface area is 119 Å². The number of hydrogen-bond acceptors (Lipinski definition) is 4. The summed E-state index contributed by atoms with van der Waals surface area (Å²) in [7, 11) is 0. The fourth-order valence-corrected chi connectivity index (χ4v) is 2.38. The molecular weight excluding hydrogens is 285 g/mol. The summed E-state index contributed by atoms with van der Waals surface area (Å²) < 4.78 is 37.7. The van der Waals surface area contributed by atoms with E-state index in [1.165, 1.54) is 0 Å². The third kappa shape index (κ3) is 2.93. The maximum Gasteiger partial charge on any atom is 0.433 e. The molecule has 1 aromatic heterocycles. The van der Waals surface area contributed by atoms with Gasteiger partial charge in [-0.05, 0) is 18.9 Å². The number of nitrogens with one attached hydrogen (secondary N) is 1. The average molecular weight is 300 g/mol. The van der Waals surface area contributed by atoms with Crippen molar-refractivity contribution in [2.45, 2.75) is 31.5 Å². The van der Waals surface area contributed by atoms with Gasteiger partial charge in [-0.1, -0.05) is 6.42 Å². The van der Waals surface area contributed by atoms with Gasteiger partial charge in [0, 0.05) is 25.2 Å². The number of rotatable bonds is 3. The van der Waals surface area contributed by atoms with E-state index in [0.717, 1.165) is 31.5 Å². The standard InChI is InChI=1S/C13H15F3N4O/c14-13(15,16)10-4-5-17-12(19-10)20-6-9(7-20)18-11(21)8-2-1-3-8/h4-5,8-9H,1-3,6-7H2,(H,18,21). The SMILES string of the molecule is O=C(NC1CN(c2nccc(C(F)(F)F)n2)C1)C1CCC1. The van der Waals surface area contributed by atoms with E-state index in [1.54, 1.807) is 4.90 Å². The normalized spacial score (nSPS) is 19.9. The van der Waals surface area contributed by atoms with Crippen molar-refractivity contribution in [2.75, 3.05) is 18.0 Å². The number of aromatic nitrogens is 2. The van der Waals surface area contributed by atoms with Crippen LogP contribution in [-0.2, 0) is 11.0 Å². The van der Waals surface area contributed by atoms with Crippen molar-refractivity contribution >= 4 is 11.9 Å². The Bertz CT molecular complexity index is 538. The zero-order valence-electron chi connectivity index (χ0n) is 11.2. The second-order valence-electron chi connectivity index (χ2n) is 5.48. The van der Waals surface area contributed by atoms with Crippen LogP contribution in [0.2, 0.25) is 0 Å². The molecule has 3 rings (SSSR count). The number of carbonyl (C=O) groups excluding carboxylic acids is 1. The van der Waals surface area contributed by atoms with E-state index in [9.17, 15) is 18.0 Å². The molecule has 2 aliphatic rings. The zero-order chi connectivity index (χ0) is 15.0. The molecule has 114 valence electrons. The summed E-state index contributed by atoms with van der Waals surface area (Å²) in [5, 5.41) is 2.90. The van der Waals surface area contributed by atoms with Crippen LogP contribution in [0, 0.1) is 5.92 Å². The molecule has 5 nitrogen and oxygen atoms in total.